The van der Waals surface area contributed by atoms with Crippen molar-refractivity contribution in [2.75, 3.05) is 5.73 Å². The molecule has 5 rings (SSSR count). The maximum absolute atomic E-state index is 12.7. The molecule has 0 aromatic carbocycles. The number of nitrogen functional groups attached to an aromatic ring is 1. The Bertz CT molecular complexity index is 660. The molecule has 7 heteroatoms. The van der Waals surface area contributed by atoms with Gasteiger partial charge in [0.25, 0.3) is 5.91 Å². The second-order valence-corrected chi connectivity index (χ2v) is 9.05. The molecular weight excluding hydrogens is 338 g/mol. The fraction of sp³-hybridized carbons (Fsp3) is 0.722. The number of aryl methyl sites for hydroxylation is 1. The van der Waals surface area contributed by atoms with E-state index in [1.165, 1.54) is 19.3 Å². The normalized spacial score (nSPS) is 33.9. The van der Waals surface area contributed by atoms with Gasteiger partial charge in [0.15, 0.2) is 6.10 Å². The molecule has 0 spiro atoms. The molecule has 4 aliphatic rings. The van der Waals surface area contributed by atoms with E-state index in [9.17, 15) is 9.59 Å². The summed E-state index contributed by atoms with van der Waals surface area (Å²) >= 11 is 1.07. The van der Waals surface area contributed by atoms with Crippen LogP contribution in [0.5, 0.6) is 0 Å². The molecule has 1 heterocycles. The average Bonchev–Trinajstić information content (AvgIpc) is 2.84. The van der Waals surface area contributed by atoms with Crippen molar-refractivity contribution in [1.29, 1.82) is 0 Å². The highest BCUT2D eigenvalue weighted by molar-refractivity contribution is 7.10. The number of ether oxygens (including phenoxy) is 1. The molecule has 4 bridgehead atoms. The van der Waals surface area contributed by atoms with Gasteiger partial charge in [-0.1, -0.05) is 0 Å². The zero-order valence-corrected chi connectivity index (χ0v) is 15.5. The van der Waals surface area contributed by atoms with E-state index in [0.29, 0.717) is 10.7 Å². The summed E-state index contributed by atoms with van der Waals surface area (Å²) in [5.41, 5.74) is 6.53. The lowest BCUT2D eigenvalue weighted by atomic mass is 9.53. The Morgan fingerprint density at radius 1 is 1.24 bits per heavy atom. The van der Waals surface area contributed by atoms with Crippen LogP contribution in [0, 0.1) is 24.7 Å². The second kappa shape index (κ2) is 5.97. The third-order valence-electron chi connectivity index (χ3n) is 6.17. The van der Waals surface area contributed by atoms with Gasteiger partial charge < -0.3 is 15.8 Å². The summed E-state index contributed by atoms with van der Waals surface area (Å²) in [6, 6.07) is 0. The third-order valence-corrected chi connectivity index (χ3v) is 6.94. The Kier molecular flexibility index (Phi) is 4.02. The van der Waals surface area contributed by atoms with Crippen molar-refractivity contribution in [2.24, 2.45) is 17.8 Å². The third kappa shape index (κ3) is 3.03. The van der Waals surface area contributed by atoms with Gasteiger partial charge >= 0.3 is 5.97 Å². The minimum Gasteiger partial charge on any atom is -0.449 e. The average molecular weight is 363 g/mol. The van der Waals surface area contributed by atoms with Crippen LogP contribution < -0.4 is 11.1 Å². The van der Waals surface area contributed by atoms with Gasteiger partial charge in [-0.15, -0.1) is 0 Å². The highest BCUT2D eigenvalue weighted by Crippen LogP contribution is 2.55. The molecule has 136 valence electrons. The molecule has 4 saturated carbocycles. The Morgan fingerprint density at radius 2 is 1.80 bits per heavy atom. The number of anilines is 1. The van der Waals surface area contributed by atoms with Crippen LogP contribution in [0.25, 0.3) is 0 Å². The van der Waals surface area contributed by atoms with E-state index >= 15 is 0 Å². The molecule has 3 N–H and O–H groups in total. The molecule has 25 heavy (non-hydrogen) atoms. The lowest BCUT2D eigenvalue weighted by Gasteiger charge is -2.57. The number of esters is 1. The van der Waals surface area contributed by atoms with Gasteiger partial charge in [-0.3, -0.25) is 4.79 Å². The first kappa shape index (κ1) is 16.8. The van der Waals surface area contributed by atoms with Crippen LogP contribution >= 0.6 is 11.5 Å². The lowest BCUT2D eigenvalue weighted by molar-refractivity contribution is -0.134. The summed E-state index contributed by atoms with van der Waals surface area (Å²) in [5, 5.41) is 3.57. The summed E-state index contributed by atoms with van der Waals surface area (Å²) in [6.07, 6.45) is 6.36. The SMILES string of the molecule is Cc1nsc(N)c1C(=O)O[C@H](C)C(=O)NC12CC3CC(CC(C3)C1)C2. The molecule has 4 fully saturated rings. The number of rotatable bonds is 4. The van der Waals surface area contributed by atoms with Crippen molar-refractivity contribution in [3.8, 4) is 0 Å². The van der Waals surface area contributed by atoms with E-state index in [1.807, 2.05) is 0 Å². The maximum Gasteiger partial charge on any atom is 0.343 e. The van der Waals surface area contributed by atoms with Crippen molar-refractivity contribution in [2.45, 2.75) is 64.0 Å². The molecule has 6 nitrogen and oxygen atoms in total. The van der Waals surface area contributed by atoms with Gasteiger partial charge in [0.2, 0.25) is 0 Å². The fourth-order valence-electron chi connectivity index (χ4n) is 5.54. The number of nitrogens with one attached hydrogen (secondary N) is 1. The molecule has 1 amide bonds. The van der Waals surface area contributed by atoms with Crippen molar-refractivity contribution in [1.82, 2.24) is 9.69 Å². The molecule has 0 unspecified atom stereocenters. The van der Waals surface area contributed by atoms with Crippen LogP contribution in [-0.2, 0) is 9.53 Å². The van der Waals surface area contributed by atoms with Crippen LogP contribution in [0.2, 0.25) is 0 Å². The van der Waals surface area contributed by atoms with Crippen LogP contribution in [0.1, 0.15) is 61.5 Å². The van der Waals surface area contributed by atoms with E-state index in [2.05, 4.69) is 9.69 Å². The van der Waals surface area contributed by atoms with Crippen LogP contribution in [-0.4, -0.2) is 27.9 Å². The van der Waals surface area contributed by atoms with Crippen molar-refractivity contribution in [3.63, 3.8) is 0 Å². The Hall–Kier alpha value is -1.63. The molecule has 0 aliphatic heterocycles. The van der Waals surface area contributed by atoms with Crippen LogP contribution in [0.3, 0.4) is 0 Å². The number of aromatic nitrogens is 1. The zero-order valence-electron chi connectivity index (χ0n) is 14.7. The number of hydrogen-bond donors (Lipinski definition) is 2. The van der Waals surface area contributed by atoms with Crippen molar-refractivity contribution < 1.29 is 14.3 Å². The van der Waals surface area contributed by atoms with E-state index < -0.39 is 12.1 Å². The predicted octanol–water partition coefficient (Wildman–Crippen LogP) is 2.66. The number of hydrogen-bond acceptors (Lipinski definition) is 6. The summed E-state index contributed by atoms with van der Waals surface area (Å²) in [4.78, 5) is 25.0. The van der Waals surface area contributed by atoms with E-state index in [1.54, 1.807) is 13.8 Å². The van der Waals surface area contributed by atoms with Gasteiger partial charge in [-0.2, -0.15) is 4.37 Å². The van der Waals surface area contributed by atoms with Crippen LogP contribution in [0.4, 0.5) is 5.00 Å². The second-order valence-electron chi connectivity index (χ2n) is 8.24. The fourth-order valence-corrected chi connectivity index (χ4v) is 6.18. The predicted molar refractivity (Wildman–Crippen MR) is 95.2 cm³/mol. The number of carbonyl (C=O) groups is 2. The number of carbonyl (C=O) groups excluding carboxylic acids is 2. The van der Waals surface area contributed by atoms with Gasteiger partial charge in [-0.05, 0) is 81.7 Å². The minimum absolute atomic E-state index is 0.0780. The quantitative estimate of drug-likeness (QED) is 0.802. The summed E-state index contributed by atoms with van der Waals surface area (Å²) < 4.78 is 9.42. The van der Waals surface area contributed by atoms with E-state index in [-0.39, 0.29) is 17.0 Å². The Morgan fingerprint density at radius 3 is 2.28 bits per heavy atom. The van der Waals surface area contributed by atoms with E-state index in [0.717, 1.165) is 48.5 Å². The van der Waals surface area contributed by atoms with Crippen LogP contribution in [0.15, 0.2) is 0 Å². The Balaban J connectivity index is 1.40. The van der Waals surface area contributed by atoms with E-state index in [4.69, 9.17) is 10.5 Å². The van der Waals surface area contributed by atoms with Crippen molar-refractivity contribution >= 4 is 28.4 Å². The maximum atomic E-state index is 12.7. The highest BCUT2D eigenvalue weighted by Gasteiger charge is 2.51. The van der Waals surface area contributed by atoms with Crippen molar-refractivity contribution in [3.05, 3.63) is 11.3 Å². The monoisotopic (exact) mass is 363 g/mol. The topological polar surface area (TPSA) is 94.3 Å². The molecule has 1 aromatic heterocycles. The summed E-state index contributed by atoms with van der Waals surface area (Å²) in [7, 11) is 0. The standard InChI is InChI=1S/C18H25N3O3S/c1-9-14(15(19)25-21-9)17(23)24-10(2)16(22)20-18-6-11-3-12(7-18)5-13(4-11)8-18/h10-13H,3-8,19H2,1-2H3,(H,20,22)/t10-,11?,12?,13?,18?/m1/s1. The molecule has 4 aliphatic carbocycles. The molecular formula is C18H25N3O3S. The Labute approximate surface area is 151 Å². The van der Waals surface area contributed by atoms with Gasteiger partial charge in [0, 0.05) is 5.54 Å². The van der Waals surface area contributed by atoms with Gasteiger partial charge in [0.1, 0.15) is 10.6 Å². The number of nitrogens with two attached hydrogens (primary N) is 1. The number of amides is 1. The van der Waals surface area contributed by atoms with Gasteiger partial charge in [-0.25, -0.2) is 4.79 Å². The smallest absolute Gasteiger partial charge is 0.343 e. The number of nitrogens with zero attached hydrogens (tertiary/aromatic N) is 1. The summed E-state index contributed by atoms with van der Waals surface area (Å²) in [5.74, 6) is 1.49. The first-order valence-corrected chi connectivity index (χ1v) is 9.87. The summed E-state index contributed by atoms with van der Waals surface area (Å²) in [6.45, 7) is 3.34. The first-order valence-electron chi connectivity index (χ1n) is 9.10. The lowest BCUT2D eigenvalue weighted by Crippen LogP contribution is -2.61. The highest BCUT2D eigenvalue weighted by atomic mass is 32.1. The minimum atomic E-state index is -0.834. The largest absolute Gasteiger partial charge is 0.449 e. The van der Waals surface area contributed by atoms with Gasteiger partial charge in [0.05, 0.1) is 5.69 Å². The zero-order chi connectivity index (χ0) is 17.8. The molecule has 0 saturated heterocycles. The molecule has 1 atom stereocenters. The first-order chi connectivity index (χ1) is 11.8. The molecule has 1 aromatic rings. The molecule has 0 radical (unpaired) electrons.